The van der Waals surface area contributed by atoms with E-state index >= 15 is 0 Å². The Labute approximate surface area is 181 Å². The summed E-state index contributed by atoms with van der Waals surface area (Å²) in [5, 5.41) is 4.27. The lowest BCUT2D eigenvalue weighted by Gasteiger charge is -2.30. The Morgan fingerprint density at radius 3 is 2.80 bits per heavy atom. The van der Waals surface area contributed by atoms with E-state index in [0.29, 0.717) is 40.1 Å². The monoisotopic (exact) mass is 427 g/mol. The Morgan fingerprint density at radius 1 is 1.13 bits per heavy atom. The predicted molar refractivity (Wildman–Crippen MR) is 121 cm³/mol. The van der Waals surface area contributed by atoms with Gasteiger partial charge in [0, 0.05) is 24.6 Å². The van der Waals surface area contributed by atoms with Gasteiger partial charge >= 0.3 is 0 Å². The molecule has 160 valence electrons. The van der Waals surface area contributed by atoms with E-state index in [1.54, 1.807) is 22.8 Å². The molecule has 2 aromatic rings. The molecule has 1 amide bonds. The van der Waals surface area contributed by atoms with Gasteiger partial charge in [-0.3, -0.25) is 25.0 Å². The summed E-state index contributed by atoms with van der Waals surface area (Å²) in [5.41, 5.74) is 6.44. The van der Waals surface area contributed by atoms with Gasteiger partial charge in [-0.2, -0.15) is 0 Å². The van der Waals surface area contributed by atoms with Crippen LogP contribution in [0.4, 0.5) is 0 Å². The molecule has 1 aliphatic heterocycles. The van der Waals surface area contributed by atoms with Crippen LogP contribution in [0.1, 0.15) is 68.1 Å². The molecule has 8 heteroatoms. The Kier molecular flexibility index (Phi) is 6.32. The van der Waals surface area contributed by atoms with Crippen LogP contribution in [0.15, 0.2) is 23.0 Å². The summed E-state index contributed by atoms with van der Waals surface area (Å²) < 4.78 is 1.78. The van der Waals surface area contributed by atoms with Crippen LogP contribution in [0.2, 0.25) is 0 Å². The molecule has 2 atom stereocenters. The van der Waals surface area contributed by atoms with Crippen molar-refractivity contribution < 1.29 is 4.79 Å². The van der Waals surface area contributed by atoms with E-state index in [0.717, 1.165) is 37.9 Å². The van der Waals surface area contributed by atoms with Gasteiger partial charge in [0.25, 0.3) is 11.5 Å². The van der Waals surface area contributed by atoms with Gasteiger partial charge in [0.05, 0.1) is 10.9 Å². The molecule has 1 aliphatic carbocycles. The van der Waals surface area contributed by atoms with Crippen molar-refractivity contribution in [3.8, 4) is 0 Å². The van der Waals surface area contributed by atoms with Crippen molar-refractivity contribution in [3.05, 3.63) is 39.9 Å². The maximum atomic E-state index is 12.8. The highest BCUT2D eigenvalue weighted by molar-refractivity contribution is 7.80. The van der Waals surface area contributed by atoms with Crippen molar-refractivity contribution in [2.45, 2.75) is 70.9 Å². The molecule has 1 aromatic carbocycles. The smallest absolute Gasteiger partial charge is 0.269 e. The average molecular weight is 428 g/mol. The largest absolute Gasteiger partial charge is 0.358 e. The number of aromatic nitrogens is 2. The minimum absolute atomic E-state index is 0.0195. The number of thiocarbonyl (C=S) groups is 1. The fraction of sp³-hybridized carbons (Fsp3) is 0.545. The lowest BCUT2D eigenvalue weighted by Crippen LogP contribution is -2.51. The second-order valence-electron chi connectivity index (χ2n) is 8.45. The van der Waals surface area contributed by atoms with E-state index in [4.69, 9.17) is 12.2 Å². The Balaban J connectivity index is 1.44. The number of nitrogens with zero attached hydrogens (tertiary/aromatic N) is 2. The minimum Gasteiger partial charge on any atom is -0.358 e. The van der Waals surface area contributed by atoms with E-state index in [9.17, 15) is 9.59 Å². The molecule has 4 rings (SSSR count). The molecule has 1 fully saturated rings. The van der Waals surface area contributed by atoms with E-state index in [2.05, 4.69) is 28.1 Å². The van der Waals surface area contributed by atoms with Crippen molar-refractivity contribution in [1.29, 1.82) is 0 Å². The van der Waals surface area contributed by atoms with Crippen LogP contribution in [0, 0.1) is 5.92 Å². The summed E-state index contributed by atoms with van der Waals surface area (Å²) in [6.45, 7) is 2.94. The molecule has 0 unspecified atom stereocenters. The maximum absolute atomic E-state index is 12.8. The number of benzene rings is 1. The highest BCUT2D eigenvalue weighted by Gasteiger charge is 2.22. The first kappa shape index (κ1) is 20.8. The van der Waals surface area contributed by atoms with Crippen LogP contribution >= 0.6 is 12.2 Å². The number of nitrogens with one attached hydrogen (secondary N) is 3. The number of aryl methyl sites for hydroxylation is 1. The molecule has 1 aromatic heterocycles. The number of carbonyl (C=O) groups excluding carboxylic acids is 1. The third-order valence-electron chi connectivity index (χ3n) is 6.30. The highest BCUT2D eigenvalue weighted by Crippen LogP contribution is 2.23. The van der Waals surface area contributed by atoms with Crippen LogP contribution < -0.4 is 21.7 Å². The molecule has 0 bridgehead atoms. The van der Waals surface area contributed by atoms with Gasteiger partial charge in [-0.15, -0.1) is 0 Å². The fourth-order valence-corrected chi connectivity index (χ4v) is 4.68. The van der Waals surface area contributed by atoms with Gasteiger partial charge in [0.1, 0.15) is 5.82 Å². The Hall–Kier alpha value is -2.48. The summed E-state index contributed by atoms with van der Waals surface area (Å²) in [5.74, 6) is 1.07. The first-order valence-electron chi connectivity index (χ1n) is 10.9. The van der Waals surface area contributed by atoms with Gasteiger partial charge in [-0.25, -0.2) is 4.98 Å². The summed E-state index contributed by atoms with van der Waals surface area (Å²) in [6, 6.07) is 5.37. The minimum atomic E-state index is -0.311. The first-order valence-corrected chi connectivity index (χ1v) is 11.3. The normalized spacial score (nSPS) is 21.4. The SMILES string of the molecule is C[C@@H]1CCCC[C@@H]1NC(=S)NNC(=O)c1ccc2c(=O)n3c(nc2c1)CCCCC3. The van der Waals surface area contributed by atoms with Crippen molar-refractivity contribution in [3.63, 3.8) is 0 Å². The molecule has 30 heavy (non-hydrogen) atoms. The summed E-state index contributed by atoms with van der Waals surface area (Å²) in [7, 11) is 0. The Morgan fingerprint density at radius 2 is 1.97 bits per heavy atom. The number of hydrazine groups is 1. The number of carbonyl (C=O) groups is 1. The van der Waals surface area contributed by atoms with Crippen molar-refractivity contribution in [2.24, 2.45) is 5.92 Å². The van der Waals surface area contributed by atoms with Gasteiger partial charge < -0.3 is 5.32 Å². The maximum Gasteiger partial charge on any atom is 0.269 e. The number of hydrogen-bond donors (Lipinski definition) is 3. The summed E-state index contributed by atoms with van der Waals surface area (Å²) >= 11 is 5.34. The standard InChI is InChI=1S/C22H29N5O2S/c1-14-7-4-5-8-17(14)24-22(30)26-25-20(28)15-10-11-16-18(13-15)23-19-9-3-2-6-12-27(19)21(16)29/h10-11,13-14,17H,2-9,12H2,1H3,(H,25,28)(H2,24,26,30)/t14-,17+/m1/s1. The molecular formula is C22H29N5O2S. The molecule has 3 N–H and O–H groups in total. The quantitative estimate of drug-likeness (QED) is 0.505. The number of amides is 1. The van der Waals surface area contributed by atoms with Crippen LogP contribution in [-0.4, -0.2) is 26.6 Å². The van der Waals surface area contributed by atoms with Gasteiger partial charge in [-0.05, 0) is 62.0 Å². The van der Waals surface area contributed by atoms with Crippen LogP contribution in [0.25, 0.3) is 10.9 Å². The zero-order chi connectivity index (χ0) is 21.1. The van der Waals surface area contributed by atoms with Crippen LogP contribution in [0.5, 0.6) is 0 Å². The highest BCUT2D eigenvalue weighted by atomic mass is 32.1. The zero-order valence-electron chi connectivity index (χ0n) is 17.4. The van der Waals surface area contributed by atoms with Crippen LogP contribution in [-0.2, 0) is 13.0 Å². The van der Waals surface area contributed by atoms with E-state index in [1.807, 2.05) is 0 Å². The molecule has 1 saturated carbocycles. The molecule has 7 nitrogen and oxygen atoms in total. The van der Waals surface area contributed by atoms with Crippen molar-refractivity contribution >= 4 is 34.1 Å². The van der Waals surface area contributed by atoms with Gasteiger partial charge in [-0.1, -0.05) is 26.2 Å². The topological polar surface area (TPSA) is 88.0 Å². The predicted octanol–water partition coefficient (Wildman–Crippen LogP) is 2.81. The molecular weight excluding hydrogens is 398 g/mol. The average Bonchev–Trinajstić information content (AvgIpc) is 2.99. The van der Waals surface area contributed by atoms with Crippen LogP contribution in [0.3, 0.4) is 0 Å². The van der Waals surface area contributed by atoms with E-state index in [1.165, 1.54) is 19.3 Å². The second-order valence-corrected chi connectivity index (χ2v) is 8.86. The first-order chi connectivity index (χ1) is 14.5. The van der Waals surface area contributed by atoms with Gasteiger partial charge in [0.2, 0.25) is 0 Å². The van der Waals surface area contributed by atoms with E-state index < -0.39 is 0 Å². The summed E-state index contributed by atoms with van der Waals surface area (Å²) in [4.78, 5) is 30.1. The lowest BCUT2D eigenvalue weighted by molar-refractivity contribution is 0.0943. The number of hydrogen-bond acceptors (Lipinski definition) is 4. The van der Waals surface area contributed by atoms with Crippen molar-refractivity contribution in [2.75, 3.05) is 0 Å². The molecule has 2 heterocycles. The third kappa shape index (κ3) is 4.48. The molecule has 0 saturated heterocycles. The number of rotatable bonds is 2. The van der Waals surface area contributed by atoms with E-state index in [-0.39, 0.29) is 11.5 Å². The Bertz CT molecular complexity index is 1020. The number of fused-ring (bicyclic) bond motifs is 2. The van der Waals surface area contributed by atoms with Crippen molar-refractivity contribution in [1.82, 2.24) is 25.7 Å². The second kappa shape index (κ2) is 9.12. The molecule has 0 radical (unpaired) electrons. The lowest BCUT2D eigenvalue weighted by atomic mass is 9.86. The van der Waals surface area contributed by atoms with Gasteiger partial charge in [0.15, 0.2) is 5.11 Å². The molecule has 0 spiro atoms. The molecule has 2 aliphatic rings. The third-order valence-corrected chi connectivity index (χ3v) is 6.52. The fourth-order valence-electron chi connectivity index (χ4n) is 4.48. The summed E-state index contributed by atoms with van der Waals surface area (Å²) in [6.07, 6.45) is 8.68. The zero-order valence-corrected chi connectivity index (χ0v) is 18.2.